The Morgan fingerprint density at radius 3 is 2.71 bits per heavy atom. The van der Waals surface area contributed by atoms with Crippen molar-refractivity contribution in [2.45, 2.75) is 52.1 Å². The van der Waals surface area contributed by atoms with Gasteiger partial charge in [-0.1, -0.05) is 19.9 Å². The second-order valence-corrected chi connectivity index (χ2v) is 8.39. The van der Waals surface area contributed by atoms with Crippen LogP contribution < -0.4 is 10.6 Å². The van der Waals surface area contributed by atoms with Gasteiger partial charge in [-0.3, -0.25) is 4.79 Å². The van der Waals surface area contributed by atoms with Gasteiger partial charge < -0.3 is 10.6 Å². The van der Waals surface area contributed by atoms with Crippen LogP contribution in [0.3, 0.4) is 0 Å². The zero-order valence-electron chi connectivity index (χ0n) is 13.2. The zero-order valence-corrected chi connectivity index (χ0v) is 14.1. The number of rotatable bonds is 5. The summed E-state index contributed by atoms with van der Waals surface area (Å²) in [6.07, 6.45) is 3.89. The molecule has 2 N–H and O–H groups in total. The van der Waals surface area contributed by atoms with Gasteiger partial charge in [0.2, 0.25) is 5.91 Å². The molecule has 3 rings (SSSR count). The smallest absolute Gasteiger partial charge is 0.234 e. The topological polar surface area (TPSA) is 41.1 Å². The molecule has 116 valence electrons. The first-order chi connectivity index (χ1) is 9.93. The Morgan fingerprint density at radius 2 is 2.10 bits per heavy atom. The number of carbonyl (C=O) groups excluding carboxylic acids is 1. The van der Waals surface area contributed by atoms with Crippen molar-refractivity contribution in [1.29, 1.82) is 0 Å². The number of thiophene rings is 1. The molecule has 0 unspecified atom stereocenters. The van der Waals surface area contributed by atoms with Gasteiger partial charge in [0.25, 0.3) is 0 Å². The van der Waals surface area contributed by atoms with E-state index in [1.165, 1.54) is 24.1 Å². The van der Waals surface area contributed by atoms with Crippen molar-refractivity contribution < 1.29 is 4.79 Å². The van der Waals surface area contributed by atoms with Crippen molar-refractivity contribution in [2.24, 2.45) is 17.3 Å². The third-order valence-corrected chi connectivity index (χ3v) is 7.05. The molecule has 4 heteroatoms. The quantitative estimate of drug-likeness (QED) is 0.877. The van der Waals surface area contributed by atoms with E-state index in [1.807, 2.05) is 6.07 Å². The lowest BCUT2D eigenvalue weighted by Gasteiger charge is -2.48. The molecule has 0 saturated heterocycles. The molecule has 0 aliphatic heterocycles. The normalized spacial score (nSPS) is 33.3. The molecule has 0 radical (unpaired) electrons. The van der Waals surface area contributed by atoms with E-state index in [0.717, 1.165) is 12.5 Å². The van der Waals surface area contributed by atoms with E-state index < -0.39 is 0 Å². The molecule has 0 aromatic carbocycles. The number of hydrogen-bond acceptors (Lipinski definition) is 3. The van der Waals surface area contributed by atoms with E-state index in [9.17, 15) is 4.79 Å². The van der Waals surface area contributed by atoms with E-state index in [-0.39, 0.29) is 16.9 Å². The predicted molar refractivity (Wildman–Crippen MR) is 87.2 cm³/mol. The van der Waals surface area contributed by atoms with Crippen molar-refractivity contribution >= 4 is 17.2 Å². The van der Waals surface area contributed by atoms with Crippen LogP contribution in [-0.2, 0) is 11.3 Å². The lowest BCUT2D eigenvalue weighted by Crippen LogP contribution is -2.60. The first kappa shape index (κ1) is 15.0. The number of amides is 1. The standard InChI is InChI=1S/C17H26N2OS/c1-16(2)12-6-7-13(9-12)17(16,3)19-15(20)11-18-10-14-5-4-8-21-14/h4-5,8,12-13,18H,6-7,9-11H2,1-3H3,(H,19,20)/t12-,13-,17+/m0/s1. The van der Waals surface area contributed by atoms with Crippen molar-refractivity contribution in [1.82, 2.24) is 10.6 Å². The predicted octanol–water partition coefficient (Wildman–Crippen LogP) is 3.17. The first-order valence-corrected chi connectivity index (χ1v) is 8.85. The van der Waals surface area contributed by atoms with Crippen LogP contribution in [0.25, 0.3) is 0 Å². The first-order valence-electron chi connectivity index (χ1n) is 7.97. The fourth-order valence-electron chi connectivity index (χ4n) is 4.42. The van der Waals surface area contributed by atoms with E-state index >= 15 is 0 Å². The SMILES string of the molecule is CC1(C)[C@H]2CC[C@@H](C2)[C@@]1(C)NC(=O)CNCc1cccs1. The van der Waals surface area contributed by atoms with Gasteiger partial charge in [-0.05, 0) is 54.9 Å². The van der Waals surface area contributed by atoms with E-state index in [4.69, 9.17) is 0 Å². The summed E-state index contributed by atoms with van der Waals surface area (Å²) in [7, 11) is 0. The van der Waals surface area contributed by atoms with Gasteiger partial charge in [-0.25, -0.2) is 0 Å². The van der Waals surface area contributed by atoms with Crippen LogP contribution >= 0.6 is 11.3 Å². The van der Waals surface area contributed by atoms with Gasteiger partial charge in [-0.2, -0.15) is 0 Å². The molecule has 3 nitrogen and oxygen atoms in total. The third-order valence-electron chi connectivity index (χ3n) is 6.17. The van der Waals surface area contributed by atoms with Gasteiger partial charge in [0.1, 0.15) is 0 Å². The molecule has 1 heterocycles. The van der Waals surface area contributed by atoms with Crippen molar-refractivity contribution in [3.8, 4) is 0 Å². The highest BCUT2D eigenvalue weighted by molar-refractivity contribution is 7.09. The minimum absolute atomic E-state index is 0.0440. The monoisotopic (exact) mass is 306 g/mol. The van der Waals surface area contributed by atoms with Crippen LogP contribution in [-0.4, -0.2) is 18.0 Å². The molecule has 1 aromatic rings. The van der Waals surface area contributed by atoms with Crippen molar-refractivity contribution in [2.75, 3.05) is 6.54 Å². The molecular formula is C17H26N2OS. The van der Waals surface area contributed by atoms with Crippen LogP contribution in [0.4, 0.5) is 0 Å². The lowest BCUT2D eigenvalue weighted by atomic mass is 9.64. The Bertz CT molecular complexity index is 511. The van der Waals surface area contributed by atoms with E-state index in [2.05, 4.69) is 42.9 Å². The summed E-state index contributed by atoms with van der Waals surface area (Å²) in [6, 6.07) is 4.14. The van der Waals surface area contributed by atoms with Crippen LogP contribution in [0.15, 0.2) is 17.5 Å². The maximum Gasteiger partial charge on any atom is 0.234 e. The highest BCUT2D eigenvalue weighted by Gasteiger charge is 2.60. The van der Waals surface area contributed by atoms with Crippen molar-refractivity contribution in [3.63, 3.8) is 0 Å². The fraction of sp³-hybridized carbons (Fsp3) is 0.706. The molecular weight excluding hydrogens is 280 g/mol. The Labute approximate surface area is 131 Å². The molecule has 2 aliphatic rings. The van der Waals surface area contributed by atoms with E-state index in [1.54, 1.807) is 11.3 Å². The second kappa shape index (κ2) is 5.40. The Kier molecular flexibility index (Phi) is 3.87. The highest BCUT2D eigenvalue weighted by atomic mass is 32.1. The minimum atomic E-state index is -0.0440. The molecule has 2 aliphatic carbocycles. The van der Waals surface area contributed by atoms with Crippen LogP contribution in [0.5, 0.6) is 0 Å². The number of carbonyl (C=O) groups is 1. The molecule has 2 fully saturated rings. The Hall–Kier alpha value is -0.870. The van der Waals surface area contributed by atoms with E-state index in [0.29, 0.717) is 12.5 Å². The molecule has 1 amide bonds. The summed E-state index contributed by atoms with van der Waals surface area (Å²) < 4.78 is 0. The summed E-state index contributed by atoms with van der Waals surface area (Å²) in [5, 5.41) is 8.67. The maximum absolute atomic E-state index is 12.3. The number of fused-ring (bicyclic) bond motifs is 2. The zero-order chi connectivity index (χ0) is 15.1. The van der Waals surface area contributed by atoms with Gasteiger partial charge >= 0.3 is 0 Å². The van der Waals surface area contributed by atoms with Crippen molar-refractivity contribution in [3.05, 3.63) is 22.4 Å². The average molecular weight is 306 g/mol. The molecule has 21 heavy (non-hydrogen) atoms. The van der Waals surface area contributed by atoms with Gasteiger partial charge in [0.05, 0.1) is 6.54 Å². The summed E-state index contributed by atoms with van der Waals surface area (Å²) in [4.78, 5) is 13.6. The largest absolute Gasteiger partial charge is 0.349 e. The highest BCUT2D eigenvalue weighted by Crippen LogP contribution is 2.61. The van der Waals surface area contributed by atoms with Crippen LogP contribution in [0.2, 0.25) is 0 Å². The molecule has 2 bridgehead atoms. The third kappa shape index (κ3) is 2.53. The second-order valence-electron chi connectivity index (χ2n) is 7.36. The summed E-state index contributed by atoms with van der Waals surface area (Å²) in [5.74, 6) is 1.56. The lowest BCUT2D eigenvalue weighted by molar-refractivity contribution is -0.124. The summed E-state index contributed by atoms with van der Waals surface area (Å²) in [5.41, 5.74) is 0.164. The van der Waals surface area contributed by atoms with Gasteiger partial charge in [0, 0.05) is 17.0 Å². The summed E-state index contributed by atoms with van der Waals surface area (Å²) in [6.45, 7) is 8.10. The Balaban J connectivity index is 1.54. The average Bonchev–Trinajstić information content (AvgIpc) is 3.11. The summed E-state index contributed by atoms with van der Waals surface area (Å²) >= 11 is 1.72. The molecule has 0 spiro atoms. The van der Waals surface area contributed by atoms with Gasteiger partial charge in [-0.15, -0.1) is 11.3 Å². The maximum atomic E-state index is 12.3. The fourth-order valence-corrected chi connectivity index (χ4v) is 5.10. The molecule has 3 atom stereocenters. The number of hydrogen-bond donors (Lipinski definition) is 2. The molecule has 1 aromatic heterocycles. The minimum Gasteiger partial charge on any atom is -0.349 e. The van der Waals surface area contributed by atoms with Crippen LogP contribution in [0, 0.1) is 17.3 Å². The Morgan fingerprint density at radius 1 is 1.33 bits per heavy atom. The van der Waals surface area contributed by atoms with Crippen LogP contribution in [0.1, 0.15) is 44.9 Å². The molecule has 2 saturated carbocycles. The number of nitrogens with one attached hydrogen (secondary N) is 2. The van der Waals surface area contributed by atoms with Gasteiger partial charge in [0.15, 0.2) is 0 Å².